The van der Waals surface area contributed by atoms with Gasteiger partial charge in [0.15, 0.2) is 24.6 Å². The van der Waals surface area contributed by atoms with Crippen molar-refractivity contribution in [2.75, 3.05) is 13.2 Å². The minimum absolute atomic E-state index is 0.195. The summed E-state index contributed by atoms with van der Waals surface area (Å²) in [6.45, 7) is 4.60. The Kier molecular flexibility index (Phi) is 10.9. The van der Waals surface area contributed by atoms with Gasteiger partial charge >= 0.3 is 23.9 Å². The Morgan fingerprint density at radius 2 is 1.37 bits per heavy atom. The molecule has 0 bridgehead atoms. The number of unbranched alkanes of at least 4 members (excludes halogenated alkanes) is 1. The molecule has 1 aromatic carbocycles. The van der Waals surface area contributed by atoms with Gasteiger partial charge in [0.2, 0.25) is 0 Å². The molecule has 1 aromatic rings. The van der Waals surface area contributed by atoms with Gasteiger partial charge in [0.1, 0.15) is 18.5 Å². The van der Waals surface area contributed by atoms with Crippen molar-refractivity contribution >= 4 is 23.9 Å². The number of carbonyl (C=O) groups excluding carboxylic acids is 4. The third-order valence-electron chi connectivity index (χ3n) is 5.03. The van der Waals surface area contributed by atoms with E-state index in [0.29, 0.717) is 6.42 Å². The summed E-state index contributed by atoms with van der Waals surface area (Å²) < 4.78 is 32.8. The zero-order valence-corrected chi connectivity index (χ0v) is 20.3. The van der Waals surface area contributed by atoms with Crippen LogP contribution >= 0.6 is 0 Å². The van der Waals surface area contributed by atoms with Gasteiger partial charge in [-0.15, -0.1) is 0 Å². The normalized spacial score (nSPS) is 23.7. The molecule has 0 aromatic heterocycles. The maximum atomic E-state index is 11.8. The molecular formula is C24H32O11. The molecule has 2 rings (SSSR count). The van der Waals surface area contributed by atoms with Crippen LogP contribution in [0, 0.1) is 0 Å². The van der Waals surface area contributed by atoms with Crippen LogP contribution in [0.5, 0.6) is 5.75 Å². The fourth-order valence-corrected chi connectivity index (χ4v) is 3.62. The van der Waals surface area contributed by atoms with E-state index in [1.807, 2.05) is 12.1 Å². The molecule has 1 saturated heterocycles. The maximum absolute atomic E-state index is 11.8. The molecule has 0 saturated carbocycles. The van der Waals surface area contributed by atoms with Crippen LogP contribution in [0.15, 0.2) is 24.3 Å². The van der Waals surface area contributed by atoms with Crippen molar-refractivity contribution < 1.29 is 52.7 Å². The van der Waals surface area contributed by atoms with Crippen LogP contribution in [0.3, 0.4) is 0 Å². The number of ether oxygens (including phenoxy) is 6. The summed E-state index contributed by atoms with van der Waals surface area (Å²) in [4.78, 5) is 46.7. The highest BCUT2D eigenvalue weighted by atomic mass is 16.7. The quantitative estimate of drug-likeness (QED) is 0.272. The Hall–Kier alpha value is -3.18. The number of aryl methyl sites for hydroxylation is 1. The summed E-state index contributed by atoms with van der Waals surface area (Å²) in [5, 5.41) is 9.37. The van der Waals surface area contributed by atoms with Gasteiger partial charge < -0.3 is 33.5 Å². The molecule has 194 valence electrons. The molecule has 5 atom stereocenters. The Morgan fingerprint density at radius 1 is 0.800 bits per heavy atom. The summed E-state index contributed by atoms with van der Waals surface area (Å²) in [7, 11) is 0. The van der Waals surface area contributed by atoms with E-state index in [2.05, 4.69) is 0 Å². The van der Waals surface area contributed by atoms with E-state index in [1.54, 1.807) is 12.1 Å². The minimum Gasteiger partial charge on any atom is -0.508 e. The molecule has 35 heavy (non-hydrogen) atoms. The second kappa shape index (κ2) is 13.6. The molecule has 0 amide bonds. The maximum Gasteiger partial charge on any atom is 0.303 e. The van der Waals surface area contributed by atoms with Crippen molar-refractivity contribution in [1.29, 1.82) is 0 Å². The Morgan fingerprint density at radius 3 is 1.94 bits per heavy atom. The third kappa shape index (κ3) is 9.53. The SMILES string of the molecule is CC(=O)OC[C@H]1O[C@@H](OCCCCc2ccc(O)cc2)[C@H](OC(C)=O)[C@@H](OC(C)=O)[C@@H]1OC(C)=O. The van der Waals surface area contributed by atoms with Crippen molar-refractivity contribution in [3.05, 3.63) is 29.8 Å². The number of benzene rings is 1. The van der Waals surface area contributed by atoms with Gasteiger partial charge in [0.05, 0.1) is 0 Å². The Bertz CT molecular complexity index is 867. The van der Waals surface area contributed by atoms with Gasteiger partial charge in [0.25, 0.3) is 0 Å². The number of esters is 4. The van der Waals surface area contributed by atoms with E-state index < -0.39 is 54.6 Å². The second-order valence-electron chi connectivity index (χ2n) is 8.06. The average Bonchev–Trinajstić information content (AvgIpc) is 2.76. The lowest BCUT2D eigenvalue weighted by Gasteiger charge is -2.44. The van der Waals surface area contributed by atoms with Crippen LogP contribution in [0.2, 0.25) is 0 Å². The molecule has 0 radical (unpaired) electrons. The standard InChI is InChI=1S/C24H32O11/c1-14(25)31-13-20-21(32-15(2)26)22(33-16(3)27)23(34-17(4)28)24(35-20)30-12-6-5-7-18-8-10-19(29)11-9-18/h8-11,20-24,29H,5-7,12-13H2,1-4H3/t20-,21-,22+,23-,24-/m1/s1. The van der Waals surface area contributed by atoms with Crippen molar-refractivity contribution in [1.82, 2.24) is 0 Å². The molecule has 0 unspecified atom stereocenters. The van der Waals surface area contributed by atoms with Crippen molar-refractivity contribution in [2.45, 2.75) is 77.7 Å². The lowest BCUT2D eigenvalue weighted by atomic mass is 9.98. The monoisotopic (exact) mass is 496 g/mol. The zero-order valence-electron chi connectivity index (χ0n) is 20.3. The van der Waals surface area contributed by atoms with Gasteiger partial charge in [-0.2, -0.15) is 0 Å². The van der Waals surface area contributed by atoms with Gasteiger partial charge in [-0.1, -0.05) is 12.1 Å². The van der Waals surface area contributed by atoms with E-state index in [1.165, 1.54) is 13.8 Å². The van der Waals surface area contributed by atoms with E-state index in [9.17, 15) is 24.3 Å². The minimum atomic E-state index is -1.25. The zero-order chi connectivity index (χ0) is 26.0. The van der Waals surface area contributed by atoms with Crippen molar-refractivity contribution in [3.8, 4) is 5.75 Å². The molecule has 1 N–H and O–H groups in total. The highest BCUT2D eigenvalue weighted by Gasteiger charge is 2.52. The lowest BCUT2D eigenvalue weighted by Crippen LogP contribution is -2.63. The first-order valence-corrected chi connectivity index (χ1v) is 11.3. The van der Waals surface area contributed by atoms with E-state index >= 15 is 0 Å². The Balaban J connectivity index is 2.13. The van der Waals surface area contributed by atoms with Gasteiger partial charge in [-0.3, -0.25) is 19.2 Å². The summed E-state index contributed by atoms with van der Waals surface area (Å²) in [5.74, 6) is -2.48. The molecule has 1 heterocycles. The van der Waals surface area contributed by atoms with Crippen molar-refractivity contribution in [2.24, 2.45) is 0 Å². The summed E-state index contributed by atoms with van der Waals surface area (Å²) in [6.07, 6.45) is -3.78. The Labute approximate surface area is 203 Å². The van der Waals surface area contributed by atoms with Gasteiger partial charge in [-0.05, 0) is 37.0 Å². The molecule has 11 heteroatoms. The average molecular weight is 497 g/mol. The highest BCUT2D eigenvalue weighted by Crippen LogP contribution is 2.30. The molecule has 0 spiro atoms. The first-order chi connectivity index (χ1) is 16.6. The van der Waals surface area contributed by atoms with Gasteiger partial charge in [-0.25, -0.2) is 0 Å². The highest BCUT2D eigenvalue weighted by molar-refractivity contribution is 5.68. The number of carbonyl (C=O) groups is 4. The molecule has 0 aliphatic carbocycles. The predicted molar refractivity (Wildman–Crippen MR) is 119 cm³/mol. The number of aromatic hydroxyl groups is 1. The number of rotatable bonds is 11. The fraction of sp³-hybridized carbons (Fsp3) is 0.583. The number of phenolic OH excluding ortho intramolecular Hbond substituents is 1. The molecule has 11 nitrogen and oxygen atoms in total. The molecular weight excluding hydrogens is 464 g/mol. The van der Waals surface area contributed by atoms with Crippen LogP contribution in [0.25, 0.3) is 0 Å². The smallest absolute Gasteiger partial charge is 0.303 e. The van der Waals surface area contributed by atoms with Crippen molar-refractivity contribution in [3.63, 3.8) is 0 Å². The molecule has 1 aliphatic rings. The second-order valence-corrected chi connectivity index (χ2v) is 8.06. The predicted octanol–water partition coefficient (Wildman–Crippen LogP) is 1.81. The van der Waals surface area contributed by atoms with Crippen LogP contribution in [0.4, 0.5) is 0 Å². The summed E-state index contributed by atoms with van der Waals surface area (Å²) in [5.41, 5.74) is 1.05. The lowest BCUT2D eigenvalue weighted by molar-refractivity contribution is -0.308. The third-order valence-corrected chi connectivity index (χ3v) is 5.03. The largest absolute Gasteiger partial charge is 0.508 e. The first kappa shape index (κ1) is 28.1. The van der Waals surface area contributed by atoms with E-state index in [0.717, 1.165) is 32.3 Å². The van der Waals surface area contributed by atoms with E-state index in [-0.39, 0.29) is 19.0 Å². The number of hydrogen-bond donors (Lipinski definition) is 1. The van der Waals surface area contributed by atoms with E-state index in [4.69, 9.17) is 28.4 Å². The summed E-state index contributed by atoms with van der Waals surface area (Å²) >= 11 is 0. The topological polar surface area (TPSA) is 144 Å². The number of hydrogen-bond acceptors (Lipinski definition) is 11. The summed E-state index contributed by atoms with van der Waals surface area (Å²) in [6, 6.07) is 6.89. The van der Waals surface area contributed by atoms with Crippen LogP contribution in [0.1, 0.15) is 46.1 Å². The fourth-order valence-electron chi connectivity index (χ4n) is 3.62. The number of phenols is 1. The van der Waals surface area contributed by atoms with Crippen LogP contribution in [-0.2, 0) is 54.0 Å². The van der Waals surface area contributed by atoms with Crippen LogP contribution < -0.4 is 0 Å². The van der Waals surface area contributed by atoms with Crippen LogP contribution in [-0.4, -0.2) is 72.9 Å². The molecule has 1 aliphatic heterocycles. The first-order valence-electron chi connectivity index (χ1n) is 11.3. The van der Waals surface area contributed by atoms with Gasteiger partial charge in [0, 0.05) is 34.3 Å². The molecule has 1 fully saturated rings.